The Kier molecular flexibility index (Phi) is 4.88. The van der Waals surface area contributed by atoms with Gasteiger partial charge in [0.2, 0.25) is 5.91 Å². The summed E-state index contributed by atoms with van der Waals surface area (Å²) in [7, 11) is 5.03. The number of hydrogen-bond donors (Lipinski definition) is 1. The number of hydrogen-bond acceptors (Lipinski definition) is 4. The van der Waals surface area contributed by atoms with Crippen LogP contribution in [0.5, 0.6) is 11.5 Å². The third kappa shape index (κ3) is 3.29. The Morgan fingerprint density at radius 2 is 1.72 bits per heavy atom. The fourth-order valence-corrected chi connectivity index (χ4v) is 3.81. The van der Waals surface area contributed by atoms with Gasteiger partial charge in [0.15, 0.2) is 0 Å². The molecule has 0 atom stereocenters. The van der Waals surface area contributed by atoms with Gasteiger partial charge in [0, 0.05) is 31.1 Å². The number of rotatable bonds is 5. The highest BCUT2D eigenvalue weighted by atomic mass is 16.5. The molecule has 0 aliphatic carbocycles. The van der Waals surface area contributed by atoms with E-state index in [1.165, 1.54) is 0 Å². The highest BCUT2D eigenvalue weighted by Gasteiger charge is 2.31. The largest absolute Gasteiger partial charge is 0.497 e. The van der Waals surface area contributed by atoms with Crippen molar-refractivity contribution in [3.05, 3.63) is 48.2 Å². The van der Waals surface area contributed by atoms with Crippen LogP contribution in [0.3, 0.4) is 0 Å². The molecule has 29 heavy (non-hydrogen) atoms. The van der Waals surface area contributed by atoms with Crippen LogP contribution >= 0.6 is 0 Å². The van der Waals surface area contributed by atoms with Gasteiger partial charge >= 0.3 is 0 Å². The van der Waals surface area contributed by atoms with E-state index in [0.29, 0.717) is 41.5 Å². The third-order valence-corrected chi connectivity index (χ3v) is 5.29. The van der Waals surface area contributed by atoms with Crippen LogP contribution in [0.1, 0.15) is 23.3 Å². The third-order valence-electron chi connectivity index (χ3n) is 5.29. The van der Waals surface area contributed by atoms with Gasteiger partial charge in [0.1, 0.15) is 17.2 Å². The van der Waals surface area contributed by atoms with E-state index in [-0.39, 0.29) is 11.8 Å². The van der Waals surface area contributed by atoms with Crippen molar-refractivity contribution in [3.8, 4) is 11.5 Å². The summed E-state index contributed by atoms with van der Waals surface area (Å²) in [6, 6.07) is 12.8. The molecule has 2 heterocycles. The van der Waals surface area contributed by atoms with Crippen molar-refractivity contribution in [3.63, 3.8) is 0 Å². The highest BCUT2D eigenvalue weighted by Crippen LogP contribution is 2.38. The van der Waals surface area contributed by atoms with Gasteiger partial charge in [-0.25, -0.2) is 0 Å². The van der Waals surface area contributed by atoms with E-state index >= 15 is 0 Å². The van der Waals surface area contributed by atoms with E-state index < -0.39 is 0 Å². The molecule has 4 rings (SSSR count). The zero-order valence-corrected chi connectivity index (χ0v) is 16.7. The van der Waals surface area contributed by atoms with Gasteiger partial charge in [0.05, 0.1) is 25.4 Å². The number of amides is 2. The maximum Gasteiger partial charge on any atom is 0.274 e. The van der Waals surface area contributed by atoms with E-state index in [2.05, 4.69) is 5.32 Å². The predicted octanol–water partition coefficient (Wildman–Crippen LogP) is 3.57. The molecule has 0 unspecified atom stereocenters. The number of nitrogens with zero attached hydrogens (tertiary/aromatic N) is 2. The van der Waals surface area contributed by atoms with Crippen molar-refractivity contribution in [2.75, 3.05) is 31.0 Å². The van der Waals surface area contributed by atoms with Gasteiger partial charge in [-0.2, -0.15) is 0 Å². The summed E-state index contributed by atoms with van der Waals surface area (Å²) in [6.07, 6.45) is 1.26. The maximum atomic E-state index is 13.3. The normalized spacial score (nSPS) is 13.8. The molecule has 1 fully saturated rings. The van der Waals surface area contributed by atoms with Crippen molar-refractivity contribution >= 4 is 34.1 Å². The molecule has 0 saturated carbocycles. The maximum absolute atomic E-state index is 13.3. The van der Waals surface area contributed by atoms with E-state index in [9.17, 15) is 9.59 Å². The lowest BCUT2D eigenvalue weighted by Crippen LogP contribution is -2.27. The molecule has 2 aromatic carbocycles. The fourth-order valence-electron chi connectivity index (χ4n) is 3.81. The summed E-state index contributed by atoms with van der Waals surface area (Å²) in [5.41, 5.74) is 2.59. The molecule has 7 heteroatoms. The highest BCUT2D eigenvalue weighted by molar-refractivity contribution is 6.17. The average Bonchev–Trinajstić information content (AvgIpc) is 3.28. The Labute approximate surface area is 168 Å². The molecule has 2 amide bonds. The number of aryl methyl sites for hydroxylation is 1. The number of anilines is 2. The molecule has 7 nitrogen and oxygen atoms in total. The number of methoxy groups -OCH3 is 2. The molecule has 1 N–H and O–H groups in total. The van der Waals surface area contributed by atoms with Crippen molar-refractivity contribution in [2.45, 2.75) is 12.8 Å². The van der Waals surface area contributed by atoms with Crippen LogP contribution in [-0.2, 0) is 11.8 Å². The van der Waals surface area contributed by atoms with E-state index in [0.717, 1.165) is 17.3 Å². The number of nitrogens with one attached hydrogen (secondary N) is 1. The minimum atomic E-state index is -0.275. The van der Waals surface area contributed by atoms with Gasteiger partial charge in [0.25, 0.3) is 5.91 Å². The predicted molar refractivity (Wildman–Crippen MR) is 112 cm³/mol. The molecule has 3 aromatic rings. The second-order valence-electron chi connectivity index (χ2n) is 6.97. The Morgan fingerprint density at radius 3 is 2.34 bits per heavy atom. The zero-order chi connectivity index (χ0) is 20.5. The number of fused-ring (bicyclic) bond motifs is 1. The smallest absolute Gasteiger partial charge is 0.274 e. The minimum Gasteiger partial charge on any atom is -0.497 e. The van der Waals surface area contributed by atoms with E-state index in [1.807, 2.05) is 29.8 Å². The Balaban J connectivity index is 1.82. The summed E-state index contributed by atoms with van der Waals surface area (Å²) in [5, 5.41) is 3.76. The molecule has 1 aromatic heterocycles. The molecule has 0 radical (unpaired) electrons. The van der Waals surface area contributed by atoms with Crippen LogP contribution < -0.4 is 19.7 Å². The second kappa shape index (κ2) is 7.50. The van der Waals surface area contributed by atoms with E-state index in [4.69, 9.17) is 9.47 Å². The summed E-state index contributed by atoms with van der Waals surface area (Å²) < 4.78 is 12.4. The second-order valence-corrected chi connectivity index (χ2v) is 6.97. The van der Waals surface area contributed by atoms with Crippen LogP contribution in [0, 0.1) is 0 Å². The van der Waals surface area contributed by atoms with Gasteiger partial charge in [-0.1, -0.05) is 0 Å². The number of carbonyl (C=O) groups is 2. The molecule has 1 aliphatic rings. The minimum absolute atomic E-state index is 0.0267. The molecule has 0 bridgehead atoms. The van der Waals surface area contributed by atoms with Crippen molar-refractivity contribution in [1.82, 2.24) is 4.57 Å². The number of ether oxygens (including phenoxy) is 2. The first-order valence-electron chi connectivity index (χ1n) is 9.45. The monoisotopic (exact) mass is 393 g/mol. The van der Waals surface area contributed by atoms with Gasteiger partial charge < -0.3 is 24.3 Å². The van der Waals surface area contributed by atoms with Crippen molar-refractivity contribution in [1.29, 1.82) is 0 Å². The number of benzene rings is 2. The molecule has 1 saturated heterocycles. The summed E-state index contributed by atoms with van der Waals surface area (Å²) >= 11 is 0. The molecule has 150 valence electrons. The van der Waals surface area contributed by atoms with Crippen molar-refractivity contribution < 1.29 is 19.1 Å². The Hall–Kier alpha value is -3.48. The van der Waals surface area contributed by atoms with Gasteiger partial charge in [-0.15, -0.1) is 0 Å². The van der Waals surface area contributed by atoms with Gasteiger partial charge in [-0.3, -0.25) is 9.59 Å². The standard InChI is InChI=1S/C22H23N3O4/c1-24-18-11-10-16(29-3)13-17(18)20(25-12-4-5-19(25)26)21(24)22(27)23-14-6-8-15(28-2)9-7-14/h6-11,13H,4-5,12H2,1-3H3,(H,23,27). The summed E-state index contributed by atoms with van der Waals surface area (Å²) in [6.45, 7) is 0.595. The van der Waals surface area contributed by atoms with Gasteiger partial charge in [-0.05, 0) is 48.9 Å². The topological polar surface area (TPSA) is 72.8 Å². The molecular weight excluding hydrogens is 370 g/mol. The average molecular weight is 393 g/mol. The quantitative estimate of drug-likeness (QED) is 0.719. The van der Waals surface area contributed by atoms with Crippen LogP contribution in [-0.4, -0.2) is 37.1 Å². The lowest BCUT2D eigenvalue weighted by molar-refractivity contribution is -0.117. The lowest BCUT2D eigenvalue weighted by Gasteiger charge is -2.18. The number of aromatic nitrogens is 1. The molecular formula is C22H23N3O4. The Bertz CT molecular complexity index is 1090. The first kappa shape index (κ1) is 18.9. The summed E-state index contributed by atoms with van der Waals surface area (Å²) in [4.78, 5) is 27.5. The van der Waals surface area contributed by atoms with Crippen LogP contribution in [0.25, 0.3) is 10.9 Å². The van der Waals surface area contributed by atoms with Crippen LogP contribution in [0.15, 0.2) is 42.5 Å². The van der Waals surface area contributed by atoms with Crippen molar-refractivity contribution in [2.24, 2.45) is 7.05 Å². The first-order chi connectivity index (χ1) is 14.0. The molecule has 1 aliphatic heterocycles. The first-order valence-corrected chi connectivity index (χ1v) is 9.45. The zero-order valence-electron chi connectivity index (χ0n) is 16.7. The molecule has 0 spiro atoms. The number of carbonyl (C=O) groups excluding carboxylic acids is 2. The van der Waals surface area contributed by atoms with E-state index in [1.54, 1.807) is 43.4 Å². The SMILES string of the molecule is COc1ccc(NC(=O)c2c(N3CCCC3=O)c3cc(OC)ccc3n2C)cc1. The van der Waals surface area contributed by atoms with Crippen LogP contribution in [0.2, 0.25) is 0 Å². The van der Waals surface area contributed by atoms with Crippen LogP contribution in [0.4, 0.5) is 11.4 Å². The lowest BCUT2D eigenvalue weighted by atomic mass is 10.2. The summed E-state index contributed by atoms with van der Waals surface area (Å²) in [5.74, 6) is 1.14. The Morgan fingerprint density at radius 1 is 1.03 bits per heavy atom. The fraction of sp³-hybridized carbons (Fsp3) is 0.273.